The van der Waals surface area contributed by atoms with Crippen molar-refractivity contribution in [1.82, 2.24) is 29.1 Å². The van der Waals surface area contributed by atoms with Crippen molar-refractivity contribution in [2.75, 3.05) is 6.61 Å². The molecule has 1 atom stereocenters. The fourth-order valence-corrected chi connectivity index (χ4v) is 4.29. The summed E-state index contributed by atoms with van der Waals surface area (Å²) in [6.45, 7) is 0.196. The van der Waals surface area contributed by atoms with Crippen LogP contribution < -0.4 is 10.4 Å². The number of benzene rings is 2. The van der Waals surface area contributed by atoms with Gasteiger partial charge in [0.2, 0.25) is 5.95 Å². The maximum atomic E-state index is 14.3. The number of aromatic amines is 1. The minimum Gasteiger partial charge on any atom is -0.490 e. The molecule has 0 amide bonds. The van der Waals surface area contributed by atoms with Crippen LogP contribution in [0.15, 0.2) is 53.7 Å². The van der Waals surface area contributed by atoms with Crippen LogP contribution in [-0.2, 0) is 6.18 Å². The Labute approximate surface area is 187 Å². The van der Waals surface area contributed by atoms with Crippen LogP contribution >= 0.6 is 0 Å². The lowest BCUT2D eigenvalue weighted by molar-refractivity contribution is -0.137. The molecule has 0 radical (unpaired) electrons. The predicted molar refractivity (Wildman–Crippen MR) is 112 cm³/mol. The highest BCUT2D eigenvalue weighted by Crippen LogP contribution is 2.37. The maximum absolute atomic E-state index is 14.3. The SMILES string of the molecule is O=c1[nH]c2cnc(-n3cnc4ccc(C(F)(F)F)cc43)nc2n1[C@@H]1CCOc2c(F)cccc21. The van der Waals surface area contributed by atoms with Crippen molar-refractivity contribution in [3.8, 4) is 11.7 Å². The van der Waals surface area contributed by atoms with Crippen LogP contribution in [0.1, 0.15) is 23.6 Å². The molecule has 0 fully saturated rings. The smallest absolute Gasteiger partial charge is 0.416 e. The average Bonchev–Trinajstić information content (AvgIpc) is 3.37. The number of ether oxygens (including phenoxy) is 1. The number of para-hydroxylation sites is 1. The van der Waals surface area contributed by atoms with Crippen LogP contribution in [-0.4, -0.2) is 35.7 Å². The third-order valence-electron chi connectivity index (χ3n) is 5.84. The Kier molecular flexibility index (Phi) is 4.28. The molecule has 1 N–H and O–H groups in total. The number of alkyl halides is 3. The predicted octanol–water partition coefficient (Wildman–Crippen LogP) is 3.99. The lowest BCUT2D eigenvalue weighted by Crippen LogP contribution is -2.28. The van der Waals surface area contributed by atoms with E-state index in [1.807, 2.05) is 0 Å². The molecule has 34 heavy (non-hydrogen) atoms. The number of aromatic nitrogens is 6. The molecule has 2 aromatic carbocycles. The fourth-order valence-electron chi connectivity index (χ4n) is 4.29. The zero-order valence-electron chi connectivity index (χ0n) is 17.2. The van der Waals surface area contributed by atoms with E-state index < -0.39 is 29.3 Å². The summed E-state index contributed by atoms with van der Waals surface area (Å²) < 4.78 is 62.2. The molecule has 0 bridgehead atoms. The average molecular weight is 470 g/mol. The van der Waals surface area contributed by atoms with Crippen molar-refractivity contribution >= 4 is 22.2 Å². The summed E-state index contributed by atoms with van der Waals surface area (Å²) in [5, 5.41) is 0. The monoisotopic (exact) mass is 470 g/mol. The Morgan fingerprint density at radius 1 is 1.15 bits per heavy atom. The third-order valence-corrected chi connectivity index (χ3v) is 5.84. The molecular formula is C22H14F4N6O2. The Morgan fingerprint density at radius 2 is 2.00 bits per heavy atom. The van der Waals surface area contributed by atoms with Gasteiger partial charge in [-0.05, 0) is 24.3 Å². The number of nitrogens with one attached hydrogen (secondary N) is 1. The van der Waals surface area contributed by atoms with Gasteiger partial charge in [-0.25, -0.2) is 19.2 Å². The van der Waals surface area contributed by atoms with Crippen molar-refractivity contribution in [2.24, 2.45) is 0 Å². The van der Waals surface area contributed by atoms with Crippen molar-refractivity contribution < 1.29 is 22.3 Å². The van der Waals surface area contributed by atoms with Gasteiger partial charge in [-0.15, -0.1) is 0 Å². The highest BCUT2D eigenvalue weighted by molar-refractivity contribution is 5.78. The van der Waals surface area contributed by atoms with Crippen LogP contribution in [0, 0.1) is 5.82 Å². The van der Waals surface area contributed by atoms with E-state index in [0.29, 0.717) is 23.0 Å². The van der Waals surface area contributed by atoms with Crippen molar-refractivity contribution in [3.05, 3.63) is 76.4 Å². The minimum absolute atomic E-state index is 0.0357. The molecule has 4 heterocycles. The number of rotatable bonds is 2. The van der Waals surface area contributed by atoms with Crippen LogP contribution in [0.5, 0.6) is 5.75 Å². The molecule has 172 valence electrons. The number of fused-ring (bicyclic) bond motifs is 3. The number of imidazole rings is 2. The van der Waals surface area contributed by atoms with Crippen LogP contribution in [0.25, 0.3) is 28.1 Å². The van der Waals surface area contributed by atoms with E-state index in [9.17, 15) is 22.4 Å². The highest BCUT2D eigenvalue weighted by Gasteiger charge is 2.31. The largest absolute Gasteiger partial charge is 0.490 e. The maximum Gasteiger partial charge on any atom is 0.416 e. The third kappa shape index (κ3) is 3.05. The number of halogens is 4. The first-order valence-corrected chi connectivity index (χ1v) is 10.2. The molecule has 12 heteroatoms. The molecule has 8 nitrogen and oxygen atoms in total. The summed E-state index contributed by atoms with van der Waals surface area (Å²) in [4.78, 5) is 28.4. The second-order valence-corrected chi connectivity index (χ2v) is 7.83. The summed E-state index contributed by atoms with van der Waals surface area (Å²) in [7, 11) is 0. The first-order valence-electron chi connectivity index (χ1n) is 10.2. The zero-order valence-corrected chi connectivity index (χ0v) is 17.2. The summed E-state index contributed by atoms with van der Waals surface area (Å²) in [5.41, 5.74) is 0.247. The van der Waals surface area contributed by atoms with Gasteiger partial charge in [0, 0.05) is 12.0 Å². The van der Waals surface area contributed by atoms with E-state index in [4.69, 9.17) is 4.74 Å². The molecule has 1 aliphatic heterocycles. The summed E-state index contributed by atoms with van der Waals surface area (Å²) in [6.07, 6.45) is -1.44. The van der Waals surface area contributed by atoms with Crippen LogP contribution in [0.3, 0.4) is 0 Å². The van der Waals surface area contributed by atoms with Gasteiger partial charge in [-0.3, -0.25) is 9.13 Å². The Hall–Kier alpha value is -4.22. The first-order chi connectivity index (χ1) is 16.3. The lowest BCUT2D eigenvalue weighted by Gasteiger charge is -2.26. The van der Waals surface area contributed by atoms with E-state index in [2.05, 4.69) is 19.9 Å². The molecule has 0 saturated heterocycles. The fraction of sp³-hybridized carbons (Fsp3) is 0.182. The normalized spacial score (nSPS) is 16.1. The lowest BCUT2D eigenvalue weighted by atomic mass is 10.00. The van der Waals surface area contributed by atoms with Gasteiger partial charge in [-0.2, -0.15) is 18.2 Å². The highest BCUT2D eigenvalue weighted by atomic mass is 19.4. The van der Waals surface area contributed by atoms with E-state index in [0.717, 1.165) is 12.1 Å². The summed E-state index contributed by atoms with van der Waals surface area (Å²) >= 11 is 0. The van der Waals surface area contributed by atoms with E-state index >= 15 is 0 Å². The van der Waals surface area contributed by atoms with Gasteiger partial charge >= 0.3 is 11.9 Å². The standard InChI is InChI=1S/C22H14F4N6O2/c23-13-3-1-2-12-16(6-7-34-18(12)13)32-19-15(29-21(32)33)9-27-20(30-19)31-10-28-14-5-4-11(8-17(14)31)22(24,25)26/h1-5,8-10,16H,6-7H2,(H,29,33)/t16-/m1/s1. The Bertz CT molecular complexity index is 1630. The minimum atomic E-state index is -4.53. The van der Waals surface area contributed by atoms with E-state index in [1.165, 1.54) is 39.9 Å². The first kappa shape index (κ1) is 20.4. The number of hydrogen-bond donors (Lipinski definition) is 1. The van der Waals surface area contributed by atoms with Gasteiger partial charge in [-0.1, -0.05) is 12.1 Å². The van der Waals surface area contributed by atoms with Gasteiger partial charge in [0.1, 0.15) is 11.8 Å². The summed E-state index contributed by atoms with van der Waals surface area (Å²) in [5.74, 6) is -0.418. The number of hydrogen-bond acceptors (Lipinski definition) is 5. The second-order valence-electron chi connectivity index (χ2n) is 7.83. The van der Waals surface area contributed by atoms with E-state index in [-0.39, 0.29) is 29.5 Å². The zero-order chi connectivity index (χ0) is 23.6. The molecule has 0 spiro atoms. The molecule has 1 aliphatic rings. The van der Waals surface area contributed by atoms with Crippen molar-refractivity contribution in [1.29, 1.82) is 0 Å². The van der Waals surface area contributed by atoms with Crippen molar-refractivity contribution in [3.63, 3.8) is 0 Å². The van der Waals surface area contributed by atoms with Gasteiger partial charge in [0.25, 0.3) is 0 Å². The quantitative estimate of drug-likeness (QED) is 0.394. The van der Waals surface area contributed by atoms with Crippen molar-refractivity contribution in [2.45, 2.75) is 18.6 Å². The molecular weight excluding hydrogens is 456 g/mol. The Morgan fingerprint density at radius 3 is 2.82 bits per heavy atom. The Balaban J connectivity index is 1.53. The second kappa shape index (κ2) is 7.14. The van der Waals surface area contributed by atoms with Gasteiger partial charge in [0.15, 0.2) is 17.2 Å². The van der Waals surface area contributed by atoms with Crippen LogP contribution in [0.2, 0.25) is 0 Å². The number of H-pyrrole nitrogens is 1. The summed E-state index contributed by atoms with van der Waals surface area (Å²) in [6, 6.07) is 7.13. The molecule has 5 aromatic rings. The topological polar surface area (TPSA) is 90.6 Å². The van der Waals surface area contributed by atoms with E-state index in [1.54, 1.807) is 6.07 Å². The number of nitrogens with zero attached hydrogens (tertiary/aromatic N) is 5. The van der Waals surface area contributed by atoms with Gasteiger partial charge < -0.3 is 9.72 Å². The molecule has 0 aliphatic carbocycles. The van der Waals surface area contributed by atoms with Crippen LogP contribution in [0.4, 0.5) is 17.6 Å². The molecule has 0 saturated carbocycles. The molecule has 6 rings (SSSR count). The van der Waals surface area contributed by atoms with Gasteiger partial charge in [0.05, 0.1) is 35.4 Å². The molecule has 3 aromatic heterocycles. The molecule has 0 unspecified atom stereocenters.